The van der Waals surface area contributed by atoms with Crippen LogP contribution in [0.3, 0.4) is 0 Å². The molecule has 4 nitrogen and oxygen atoms in total. The molecule has 4 heteroatoms. The van der Waals surface area contributed by atoms with Gasteiger partial charge in [0.2, 0.25) is 0 Å². The van der Waals surface area contributed by atoms with E-state index in [0.717, 1.165) is 31.2 Å². The van der Waals surface area contributed by atoms with Gasteiger partial charge in [0.05, 0.1) is 5.69 Å². The highest BCUT2D eigenvalue weighted by Gasteiger charge is 2.15. The van der Waals surface area contributed by atoms with Crippen molar-refractivity contribution in [2.45, 2.75) is 26.8 Å². The molecule has 88 valence electrons. The Bertz CT molecular complexity index is 557. The fraction of sp³-hybridized carbons (Fsp3) is 0.385. The Morgan fingerprint density at radius 2 is 2.18 bits per heavy atom. The third-order valence-electron chi connectivity index (χ3n) is 3.22. The molecule has 0 unspecified atom stereocenters. The maximum absolute atomic E-state index is 4.47. The largest absolute Gasteiger partial charge is 0.312 e. The van der Waals surface area contributed by atoms with Crippen LogP contribution in [0.25, 0.3) is 5.69 Å². The lowest BCUT2D eigenvalue weighted by molar-refractivity contribution is 0.637. The molecule has 1 aliphatic heterocycles. The summed E-state index contributed by atoms with van der Waals surface area (Å²) in [5.41, 5.74) is 3.96. The van der Waals surface area contributed by atoms with Crippen LogP contribution in [-0.2, 0) is 13.0 Å². The molecule has 0 aliphatic carbocycles. The Morgan fingerprint density at radius 3 is 2.94 bits per heavy atom. The molecule has 1 aliphatic rings. The first kappa shape index (κ1) is 10.5. The van der Waals surface area contributed by atoms with Crippen LogP contribution in [-0.4, -0.2) is 21.3 Å². The van der Waals surface area contributed by atoms with Gasteiger partial charge in [-0.3, -0.25) is 0 Å². The molecule has 0 saturated heterocycles. The molecule has 0 amide bonds. The van der Waals surface area contributed by atoms with Crippen molar-refractivity contribution in [2.75, 3.05) is 6.54 Å². The normalized spacial score (nSPS) is 14.7. The Hall–Kier alpha value is -1.68. The highest BCUT2D eigenvalue weighted by Crippen LogP contribution is 2.22. The van der Waals surface area contributed by atoms with Crippen LogP contribution in [0.5, 0.6) is 0 Å². The molecule has 0 fully saturated rings. The second-order valence-electron chi connectivity index (χ2n) is 4.46. The van der Waals surface area contributed by atoms with E-state index in [9.17, 15) is 0 Å². The number of hydrogen-bond donors (Lipinski definition) is 1. The minimum atomic E-state index is 0.828. The summed E-state index contributed by atoms with van der Waals surface area (Å²) >= 11 is 0. The van der Waals surface area contributed by atoms with Gasteiger partial charge in [0, 0.05) is 6.54 Å². The van der Waals surface area contributed by atoms with Gasteiger partial charge in [-0.1, -0.05) is 12.1 Å². The number of aryl methyl sites for hydroxylation is 2. The first-order valence-corrected chi connectivity index (χ1v) is 5.98. The van der Waals surface area contributed by atoms with Crippen LogP contribution in [0.1, 0.15) is 22.8 Å². The molecule has 2 heterocycles. The van der Waals surface area contributed by atoms with Crippen molar-refractivity contribution in [3.05, 3.63) is 41.0 Å². The van der Waals surface area contributed by atoms with Gasteiger partial charge in [-0.15, -0.1) is 0 Å². The number of hydrogen-bond acceptors (Lipinski definition) is 3. The number of aromatic nitrogens is 3. The van der Waals surface area contributed by atoms with Gasteiger partial charge in [0.25, 0.3) is 0 Å². The van der Waals surface area contributed by atoms with Gasteiger partial charge >= 0.3 is 0 Å². The van der Waals surface area contributed by atoms with E-state index < -0.39 is 0 Å². The van der Waals surface area contributed by atoms with Crippen molar-refractivity contribution < 1.29 is 0 Å². The predicted octanol–water partition coefficient (Wildman–Crippen LogP) is 1.53. The fourth-order valence-corrected chi connectivity index (χ4v) is 2.46. The molecule has 0 radical (unpaired) electrons. The van der Waals surface area contributed by atoms with Crippen LogP contribution >= 0.6 is 0 Å². The molecular weight excluding hydrogens is 212 g/mol. The van der Waals surface area contributed by atoms with Crippen molar-refractivity contribution in [1.29, 1.82) is 0 Å². The van der Waals surface area contributed by atoms with E-state index in [4.69, 9.17) is 0 Å². The van der Waals surface area contributed by atoms with Gasteiger partial charge < -0.3 is 5.32 Å². The third kappa shape index (κ3) is 1.74. The molecule has 0 spiro atoms. The highest BCUT2D eigenvalue weighted by molar-refractivity contribution is 5.47. The van der Waals surface area contributed by atoms with Gasteiger partial charge in [-0.2, -0.15) is 5.10 Å². The van der Waals surface area contributed by atoms with E-state index in [-0.39, 0.29) is 0 Å². The Balaban J connectivity index is 2.17. The minimum Gasteiger partial charge on any atom is -0.312 e. The summed E-state index contributed by atoms with van der Waals surface area (Å²) in [7, 11) is 0. The number of nitrogens with zero attached hydrogens (tertiary/aromatic N) is 3. The van der Waals surface area contributed by atoms with E-state index in [2.05, 4.69) is 33.6 Å². The highest BCUT2D eigenvalue weighted by atomic mass is 15.3. The average Bonchev–Trinajstić information content (AvgIpc) is 2.68. The second kappa shape index (κ2) is 3.96. The minimum absolute atomic E-state index is 0.828. The Labute approximate surface area is 101 Å². The lowest BCUT2D eigenvalue weighted by atomic mass is 9.99. The molecule has 3 rings (SSSR count). The average molecular weight is 228 g/mol. The van der Waals surface area contributed by atoms with Crippen LogP contribution < -0.4 is 5.32 Å². The zero-order valence-corrected chi connectivity index (χ0v) is 10.2. The first-order chi connectivity index (χ1) is 8.25. The Morgan fingerprint density at radius 1 is 1.29 bits per heavy atom. The topological polar surface area (TPSA) is 42.7 Å². The summed E-state index contributed by atoms with van der Waals surface area (Å²) in [6.07, 6.45) is 1.06. The van der Waals surface area contributed by atoms with Gasteiger partial charge in [-0.05, 0) is 44.0 Å². The lowest BCUT2D eigenvalue weighted by Crippen LogP contribution is -2.25. The molecule has 1 N–H and O–H groups in total. The molecule has 0 saturated carbocycles. The van der Waals surface area contributed by atoms with Crippen LogP contribution in [0.4, 0.5) is 0 Å². The van der Waals surface area contributed by atoms with Crippen LogP contribution in [0, 0.1) is 13.8 Å². The number of fused-ring (bicyclic) bond motifs is 1. The maximum atomic E-state index is 4.47. The van der Waals surface area contributed by atoms with E-state index in [1.54, 1.807) is 0 Å². The van der Waals surface area contributed by atoms with Crippen molar-refractivity contribution in [3.63, 3.8) is 0 Å². The smallest absolute Gasteiger partial charge is 0.148 e. The van der Waals surface area contributed by atoms with Gasteiger partial charge in [-0.25, -0.2) is 9.67 Å². The van der Waals surface area contributed by atoms with Crippen LogP contribution in [0.2, 0.25) is 0 Å². The third-order valence-corrected chi connectivity index (χ3v) is 3.22. The quantitative estimate of drug-likeness (QED) is 0.805. The lowest BCUT2D eigenvalue weighted by Gasteiger charge is -2.20. The summed E-state index contributed by atoms with van der Waals surface area (Å²) in [5.74, 6) is 1.78. The molecule has 0 bridgehead atoms. The first-order valence-electron chi connectivity index (χ1n) is 5.98. The molecular formula is C13H16N4. The van der Waals surface area contributed by atoms with Crippen LogP contribution in [0.15, 0.2) is 18.2 Å². The zero-order valence-electron chi connectivity index (χ0n) is 10.2. The molecule has 1 aromatic heterocycles. The van der Waals surface area contributed by atoms with Crippen molar-refractivity contribution >= 4 is 0 Å². The number of nitrogens with one attached hydrogen (secondary N) is 1. The van der Waals surface area contributed by atoms with Crippen molar-refractivity contribution in [1.82, 2.24) is 20.1 Å². The summed E-state index contributed by atoms with van der Waals surface area (Å²) in [6.45, 7) is 5.92. The van der Waals surface area contributed by atoms with Gasteiger partial charge in [0.15, 0.2) is 0 Å². The van der Waals surface area contributed by atoms with E-state index in [1.165, 1.54) is 16.8 Å². The molecule has 0 atom stereocenters. The summed E-state index contributed by atoms with van der Waals surface area (Å²) in [5, 5.41) is 7.87. The fourth-order valence-electron chi connectivity index (χ4n) is 2.46. The monoisotopic (exact) mass is 228 g/mol. The van der Waals surface area contributed by atoms with E-state index in [1.807, 2.05) is 18.5 Å². The van der Waals surface area contributed by atoms with E-state index in [0.29, 0.717) is 0 Å². The number of benzene rings is 1. The summed E-state index contributed by atoms with van der Waals surface area (Å²) < 4.78 is 1.96. The van der Waals surface area contributed by atoms with Gasteiger partial charge in [0.1, 0.15) is 11.6 Å². The number of rotatable bonds is 1. The molecule has 2 aromatic rings. The Kier molecular flexibility index (Phi) is 2.44. The summed E-state index contributed by atoms with van der Waals surface area (Å²) in [6, 6.07) is 6.41. The zero-order chi connectivity index (χ0) is 11.8. The van der Waals surface area contributed by atoms with Crippen molar-refractivity contribution in [3.8, 4) is 5.69 Å². The SMILES string of the molecule is Cc1nc(C)n(-c2cccc3c2CCNC3)n1. The second-order valence-corrected chi connectivity index (χ2v) is 4.46. The maximum Gasteiger partial charge on any atom is 0.148 e. The predicted molar refractivity (Wildman–Crippen MR) is 66.2 cm³/mol. The summed E-state index contributed by atoms with van der Waals surface area (Å²) in [4.78, 5) is 4.37. The van der Waals surface area contributed by atoms with Crippen molar-refractivity contribution in [2.24, 2.45) is 0 Å². The molecule has 1 aromatic carbocycles. The molecule has 17 heavy (non-hydrogen) atoms. The standard InChI is InChI=1S/C13H16N4/c1-9-15-10(2)17(16-9)13-5-3-4-11-8-14-7-6-12(11)13/h3-5,14H,6-8H2,1-2H3. The van der Waals surface area contributed by atoms with E-state index >= 15 is 0 Å².